The minimum absolute atomic E-state index is 0.382. The molecule has 1 saturated heterocycles. The van der Waals surface area contributed by atoms with Gasteiger partial charge in [-0.2, -0.15) is 0 Å². The van der Waals surface area contributed by atoms with Gasteiger partial charge in [0.2, 0.25) is 0 Å². The van der Waals surface area contributed by atoms with Crippen molar-refractivity contribution in [3.63, 3.8) is 0 Å². The molecule has 3 heterocycles. The van der Waals surface area contributed by atoms with Gasteiger partial charge in [-0.3, -0.25) is 0 Å². The van der Waals surface area contributed by atoms with E-state index in [0.717, 1.165) is 25.3 Å². The number of rotatable bonds is 5. The molecule has 1 aromatic carbocycles. The minimum atomic E-state index is 0.382. The van der Waals surface area contributed by atoms with Gasteiger partial charge in [-0.15, -0.1) is 0 Å². The Bertz CT molecular complexity index is 932. The smallest absolute Gasteiger partial charge is 0.160 e. The van der Waals surface area contributed by atoms with Crippen molar-refractivity contribution in [2.24, 2.45) is 5.92 Å². The largest absolute Gasteiger partial charge is 0.492 e. The number of pyridine rings is 1. The lowest BCUT2D eigenvalue weighted by molar-refractivity contribution is 0.167. The molecule has 8 heteroatoms. The van der Waals surface area contributed by atoms with Gasteiger partial charge >= 0.3 is 0 Å². The van der Waals surface area contributed by atoms with Gasteiger partial charge in [0.05, 0.1) is 23.8 Å². The van der Waals surface area contributed by atoms with Crippen molar-refractivity contribution in [2.45, 2.75) is 6.42 Å². The molecular formula is C18H16Cl2N4O2. The third-order valence-electron chi connectivity index (χ3n) is 4.14. The second kappa shape index (κ2) is 7.61. The number of nitrogens with one attached hydrogen (secondary N) is 1. The number of aromatic nitrogens is 3. The summed E-state index contributed by atoms with van der Waals surface area (Å²) in [5, 5.41) is 4.12. The summed E-state index contributed by atoms with van der Waals surface area (Å²) < 4.78 is 11.2. The van der Waals surface area contributed by atoms with Crippen LogP contribution in [0.25, 0.3) is 11.0 Å². The van der Waals surface area contributed by atoms with Crippen LogP contribution in [0.4, 0.5) is 11.5 Å². The van der Waals surface area contributed by atoms with E-state index in [9.17, 15) is 0 Å². The maximum Gasteiger partial charge on any atom is 0.160 e. The summed E-state index contributed by atoms with van der Waals surface area (Å²) in [7, 11) is 0. The number of fused-ring (bicyclic) bond motifs is 1. The number of ether oxygens (including phenoxy) is 2. The number of hydrogen-bond acceptors (Lipinski definition) is 6. The molecule has 0 bridgehead atoms. The maximum absolute atomic E-state index is 6.36. The number of halogens is 2. The van der Waals surface area contributed by atoms with Crippen molar-refractivity contribution in [1.82, 2.24) is 15.0 Å². The number of hydrogen-bond donors (Lipinski definition) is 1. The van der Waals surface area contributed by atoms with Crippen LogP contribution < -0.4 is 10.1 Å². The summed E-state index contributed by atoms with van der Waals surface area (Å²) in [4.78, 5) is 12.7. The van der Waals surface area contributed by atoms with Gasteiger partial charge < -0.3 is 14.8 Å². The van der Waals surface area contributed by atoms with E-state index in [2.05, 4.69) is 20.3 Å². The Balaban J connectivity index is 1.52. The van der Waals surface area contributed by atoms with Gasteiger partial charge in [0.25, 0.3) is 0 Å². The van der Waals surface area contributed by atoms with Crippen molar-refractivity contribution < 1.29 is 9.47 Å². The second-order valence-electron chi connectivity index (χ2n) is 6.03. The molecule has 4 rings (SSSR count). The fourth-order valence-corrected chi connectivity index (χ4v) is 3.15. The molecule has 0 aliphatic carbocycles. The van der Waals surface area contributed by atoms with Crippen LogP contribution in [0, 0.1) is 5.92 Å². The van der Waals surface area contributed by atoms with E-state index < -0.39 is 0 Å². The van der Waals surface area contributed by atoms with Crippen LogP contribution in [0.3, 0.4) is 0 Å². The first-order chi connectivity index (χ1) is 12.7. The fraction of sp³-hybridized carbons (Fsp3) is 0.278. The molecule has 0 radical (unpaired) electrons. The first-order valence-corrected chi connectivity index (χ1v) is 8.99. The van der Waals surface area contributed by atoms with Gasteiger partial charge in [-0.25, -0.2) is 15.0 Å². The van der Waals surface area contributed by atoms with E-state index in [4.69, 9.17) is 32.7 Å². The zero-order valence-electron chi connectivity index (χ0n) is 13.8. The monoisotopic (exact) mass is 390 g/mol. The molecule has 3 aromatic rings. The third kappa shape index (κ3) is 3.82. The Morgan fingerprint density at radius 3 is 2.92 bits per heavy atom. The first kappa shape index (κ1) is 17.3. The lowest BCUT2D eigenvalue weighted by Crippen LogP contribution is -2.11. The predicted octanol–water partition coefficient (Wildman–Crippen LogP) is 4.49. The van der Waals surface area contributed by atoms with Crippen LogP contribution in [-0.4, -0.2) is 34.8 Å². The van der Waals surface area contributed by atoms with Gasteiger partial charge in [0.15, 0.2) is 5.82 Å². The molecule has 26 heavy (non-hydrogen) atoms. The quantitative estimate of drug-likeness (QED) is 0.647. The molecular weight excluding hydrogens is 375 g/mol. The standard InChI is InChI=1S/C18H16Cl2N4O2/c19-13-7-12(1-3-15(13)26-9-11-5-6-25-8-11)23-18-17-14(21-10-22-18)2-4-16(20)24-17/h1-4,7,10-11H,5-6,8-9H2,(H,21,22,23)/t11-/m0/s1. The predicted molar refractivity (Wildman–Crippen MR) is 101 cm³/mol. The lowest BCUT2D eigenvalue weighted by Gasteiger charge is -2.13. The molecule has 1 aliphatic rings. The van der Waals surface area contributed by atoms with Gasteiger partial charge in [0.1, 0.15) is 22.7 Å². The summed E-state index contributed by atoms with van der Waals surface area (Å²) in [5.74, 6) is 1.63. The van der Waals surface area contributed by atoms with Crippen molar-refractivity contribution in [2.75, 3.05) is 25.1 Å². The molecule has 1 N–H and O–H groups in total. The van der Waals surface area contributed by atoms with E-state index in [1.54, 1.807) is 18.2 Å². The summed E-state index contributed by atoms with van der Waals surface area (Å²) in [6.07, 6.45) is 2.50. The van der Waals surface area contributed by atoms with Crippen LogP contribution in [0.5, 0.6) is 5.75 Å². The highest BCUT2D eigenvalue weighted by molar-refractivity contribution is 6.32. The van der Waals surface area contributed by atoms with Crippen LogP contribution in [-0.2, 0) is 4.74 Å². The van der Waals surface area contributed by atoms with Gasteiger partial charge in [-0.05, 0) is 36.8 Å². The normalized spacial score (nSPS) is 16.8. The molecule has 0 saturated carbocycles. The average Bonchev–Trinajstić information content (AvgIpc) is 3.15. The van der Waals surface area contributed by atoms with Gasteiger partial charge in [-0.1, -0.05) is 23.2 Å². The third-order valence-corrected chi connectivity index (χ3v) is 4.65. The summed E-state index contributed by atoms with van der Waals surface area (Å²) >= 11 is 12.3. The number of nitrogens with zero attached hydrogens (tertiary/aromatic N) is 3. The Morgan fingerprint density at radius 1 is 1.19 bits per heavy atom. The van der Waals surface area contributed by atoms with Crippen molar-refractivity contribution in [3.05, 3.63) is 46.8 Å². The Hall–Kier alpha value is -2.15. The molecule has 0 amide bonds. The number of benzene rings is 1. The van der Waals surface area contributed by atoms with Crippen LogP contribution >= 0.6 is 23.2 Å². The fourth-order valence-electron chi connectivity index (χ4n) is 2.76. The second-order valence-corrected chi connectivity index (χ2v) is 6.83. The molecule has 2 aromatic heterocycles. The Kier molecular flexibility index (Phi) is 5.06. The first-order valence-electron chi connectivity index (χ1n) is 8.23. The summed E-state index contributed by atoms with van der Waals surface area (Å²) in [6.45, 7) is 2.15. The number of anilines is 2. The van der Waals surface area contributed by atoms with Gasteiger partial charge in [0, 0.05) is 18.2 Å². The SMILES string of the molecule is Clc1ccc2ncnc(Nc3ccc(OC[C@H]4CCOC4)c(Cl)c3)c2n1. The van der Waals surface area contributed by atoms with Crippen molar-refractivity contribution >= 4 is 45.7 Å². The molecule has 0 unspecified atom stereocenters. The Morgan fingerprint density at radius 2 is 2.12 bits per heavy atom. The summed E-state index contributed by atoms with van der Waals surface area (Å²) in [6, 6.07) is 9.00. The zero-order chi connectivity index (χ0) is 17.9. The minimum Gasteiger partial charge on any atom is -0.492 e. The van der Waals surface area contributed by atoms with E-state index >= 15 is 0 Å². The molecule has 6 nitrogen and oxygen atoms in total. The van der Waals surface area contributed by atoms with Crippen molar-refractivity contribution in [3.8, 4) is 5.75 Å². The van der Waals surface area contributed by atoms with E-state index in [1.807, 2.05) is 12.1 Å². The van der Waals surface area contributed by atoms with Crippen LogP contribution in [0.1, 0.15) is 6.42 Å². The van der Waals surface area contributed by atoms with Crippen LogP contribution in [0.15, 0.2) is 36.7 Å². The van der Waals surface area contributed by atoms with E-state index in [0.29, 0.717) is 45.3 Å². The highest BCUT2D eigenvalue weighted by atomic mass is 35.5. The van der Waals surface area contributed by atoms with Crippen LogP contribution in [0.2, 0.25) is 10.2 Å². The average molecular weight is 391 g/mol. The summed E-state index contributed by atoms with van der Waals surface area (Å²) in [5.41, 5.74) is 2.07. The molecule has 134 valence electrons. The highest BCUT2D eigenvalue weighted by Crippen LogP contribution is 2.31. The van der Waals surface area contributed by atoms with Crippen molar-refractivity contribution in [1.29, 1.82) is 0 Å². The molecule has 1 fully saturated rings. The Labute approximate surface area is 160 Å². The topological polar surface area (TPSA) is 69.2 Å². The molecule has 0 spiro atoms. The van der Waals surface area contributed by atoms with E-state index in [-0.39, 0.29) is 0 Å². The van der Waals surface area contributed by atoms with E-state index in [1.165, 1.54) is 6.33 Å². The lowest BCUT2D eigenvalue weighted by atomic mass is 10.1. The maximum atomic E-state index is 6.36. The molecule has 1 aliphatic heterocycles. The molecule has 1 atom stereocenters. The highest BCUT2D eigenvalue weighted by Gasteiger charge is 2.17. The zero-order valence-corrected chi connectivity index (χ0v) is 15.3.